The van der Waals surface area contributed by atoms with Gasteiger partial charge in [0, 0.05) is 14.1 Å². The fourth-order valence-electron chi connectivity index (χ4n) is 1.21. The highest BCUT2D eigenvalue weighted by atomic mass is 32.2. The second-order valence-corrected chi connectivity index (χ2v) is 5.50. The number of aromatic hydroxyl groups is 1. The topological polar surface area (TPSA) is 40.5 Å². The van der Waals surface area contributed by atoms with Crippen LogP contribution in [0, 0.1) is 6.92 Å². The van der Waals surface area contributed by atoms with Crippen molar-refractivity contribution >= 4 is 34.1 Å². The lowest BCUT2D eigenvalue weighted by Crippen LogP contribution is -2.18. The minimum absolute atomic E-state index is 0.0250. The van der Waals surface area contributed by atoms with Gasteiger partial charge in [-0.15, -0.1) is 0 Å². The third-order valence-electron chi connectivity index (χ3n) is 2.14. The zero-order valence-corrected chi connectivity index (χ0v) is 11.7. The number of phenolic OH excluding ortho intramolecular Hbond substituents is 1. The Morgan fingerprint density at radius 3 is 2.71 bits per heavy atom. The number of carbonyl (C=O) groups excluding carboxylic acids is 1. The standard InChI is InChI=1S/C12H15NO2S2/c1-8-4-5-10(14)9(6-8)11(15)7-17-12(16)13(2)3/h4-6,14H,7H2,1-3H3. The van der Waals surface area contributed by atoms with Crippen molar-refractivity contribution in [1.82, 2.24) is 4.90 Å². The van der Waals surface area contributed by atoms with E-state index in [9.17, 15) is 9.90 Å². The van der Waals surface area contributed by atoms with Crippen molar-refractivity contribution < 1.29 is 9.90 Å². The summed E-state index contributed by atoms with van der Waals surface area (Å²) < 4.78 is 0.658. The highest BCUT2D eigenvalue weighted by Crippen LogP contribution is 2.20. The Balaban J connectivity index is 2.70. The van der Waals surface area contributed by atoms with E-state index in [4.69, 9.17) is 12.2 Å². The van der Waals surface area contributed by atoms with Crippen molar-refractivity contribution in [3.63, 3.8) is 0 Å². The molecule has 1 aromatic rings. The van der Waals surface area contributed by atoms with Crippen molar-refractivity contribution in [2.45, 2.75) is 6.92 Å². The van der Waals surface area contributed by atoms with Crippen LogP contribution in [0.5, 0.6) is 5.75 Å². The second kappa shape index (κ2) is 6.02. The lowest BCUT2D eigenvalue weighted by atomic mass is 10.1. The van der Waals surface area contributed by atoms with Crippen LogP contribution in [0.1, 0.15) is 15.9 Å². The van der Waals surface area contributed by atoms with Crippen LogP contribution < -0.4 is 0 Å². The molecule has 0 heterocycles. The summed E-state index contributed by atoms with van der Waals surface area (Å²) in [6, 6.07) is 5.00. The number of Topliss-reactive ketones (excluding diaryl/α,β-unsaturated/α-hetero) is 1. The summed E-state index contributed by atoms with van der Waals surface area (Å²) in [5.74, 6) is 0.158. The van der Waals surface area contributed by atoms with Gasteiger partial charge in [-0.05, 0) is 19.1 Å². The third kappa shape index (κ3) is 4.02. The van der Waals surface area contributed by atoms with Crippen molar-refractivity contribution in [1.29, 1.82) is 0 Å². The van der Waals surface area contributed by atoms with Gasteiger partial charge < -0.3 is 10.0 Å². The highest BCUT2D eigenvalue weighted by Gasteiger charge is 2.13. The van der Waals surface area contributed by atoms with Crippen molar-refractivity contribution in [2.24, 2.45) is 0 Å². The Morgan fingerprint density at radius 1 is 1.47 bits per heavy atom. The zero-order chi connectivity index (χ0) is 13.0. The monoisotopic (exact) mass is 269 g/mol. The lowest BCUT2D eigenvalue weighted by Gasteiger charge is -2.12. The Kier molecular flexibility index (Phi) is 4.96. The van der Waals surface area contributed by atoms with Crippen LogP contribution in [-0.4, -0.2) is 40.0 Å². The SMILES string of the molecule is Cc1ccc(O)c(C(=O)CSC(=S)N(C)C)c1. The summed E-state index contributed by atoms with van der Waals surface area (Å²) in [5, 5.41) is 9.61. The molecule has 0 radical (unpaired) electrons. The van der Waals surface area contributed by atoms with Crippen LogP contribution >= 0.6 is 24.0 Å². The first-order valence-electron chi connectivity index (χ1n) is 5.08. The van der Waals surface area contributed by atoms with E-state index in [0.29, 0.717) is 9.88 Å². The van der Waals surface area contributed by atoms with Crippen LogP contribution in [0.2, 0.25) is 0 Å². The molecule has 0 unspecified atom stereocenters. The molecular weight excluding hydrogens is 254 g/mol. The minimum atomic E-state index is -0.111. The first kappa shape index (κ1) is 14.0. The van der Waals surface area contributed by atoms with Gasteiger partial charge in [-0.3, -0.25) is 4.79 Å². The molecule has 5 heteroatoms. The van der Waals surface area contributed by atoms with E-state index in [1.807, 2.05) is 21.0 Å². The molecule has 0 aliphatic rings. The maximum atomic E-state index is 11.9. The summed E-state index contributed by atoms with van der Waals surface area (Å²) in [6.45, 7) is 1.88. The quantitative estimate of drug-likeness (QED) is 0.674. The highest BCUT2D eigenvalue weighted by molar-refractivity contribution is 8.23. The fraction of sp³-hybridized carbons (Fsp3) is 0.333. The number of hydrogen-bond acceptors (Lipinski definition) is 4. The molecule has 0 aromatic heterocycles. The Hall–Kier alpha value is -1.07. The molecule has 0 aliphatic heterocycles. The van der Waals surface area contributed by atoms with E-state index in [1.54, 1.807) is 17.0 Å². The predicted molar refractivity (Wildman–Crippen MR) is 75.9 cm³/mol. The van der Waals surface area contributed by atoms with Gasteiger partial charge in [0.1, 0.15) is 10.1 Å². The smallest absolute Gasteiger partial charge is 0.176 e. The fourth-order valence-corrected chi connectivity index (χ4v) is 2.05. The van der Waals surface area contributed by atoms with Gasteiger partial charge in [0.2, 0.25) is 0 Å². The van der Waals surface area contributed by atoms with Crippen LogP contribution in [0.3, 0.4) is 0 Å². The van der Waals surface area contributed by atoms with E-state index in [-0.39, 0.29) is 17.3 Å². The van der Waals surface area contributed by atoms with E-state index in [0.717, 1.165) is 5.56 Å². The number of thioether (sulfide) groups is 1. The van der Waals surface area contributed by atoms with E-state index < -0.39 is 0 Å². The Labute approximate surface area is 111 Å². The summed E-state index contributed by atoms with van der Waals surface area (Å²) in [4.78, 5) is 13.7. The van der Waals surface area contributed by atoms with Crippen LogP contribution in [-0.2, 0) is 0 Å². The number of benzene rings is 1. The van der Waals surface area contributed by atoms with Gasteiger partial charge in [-0.25, -0.2) is 0 Å². The van der Waals surface area contributed by atoms with Gasteiger partial charge in [0.25, 0.3) is 0 Å². The Bertz CT molecular complexity index is 444. The number of ketones is 1. The molecule has 0 atom stereocenters. The second-order valence-electron chi connectivity index (χ2n) is 3.89. The predicted octanol–water partition coefficient (Wildman–Crippen LogP) is 2.46. The molecule has 1 rings (SSSR count). The van der Waals surface area contributed by atoms with E-state index in [2.05, 4.69) is 0 Å². The number of nitrogens with zero attached hydrogens (tertiary/aromatic N) is 1. The summed E-state index contributed by atoms with van der Waals surface area (Å²) in [6.07, 6.45) is 0. The van der Waals surface area contributed by atoms with E-state index >= 15 is 0 Å². The average Bonchev–Trinajstić information content (AvgIpc) is 2.28. The van der Waals surface area contributed by atoms with Gasteiger partial charge in [0.05, 0.1) is 11.3 Å². The van der Waals surface area contributed by atoms with Gasteiger partial charge in [0.15, 0.2) is 5.78 Å². The first-order chi connectivity index (χ1) is 7.91. The van der Waals surface area contributed by atoms with Gasteiger partial charge in [-0.2, -0.15) is 0 Å². The first-order valence-corrected chi connectivity index (χ1v) is 6.48. The third-order valence-corrected chi connectivity index (χ3v) is 3.88. The van der Waals surface area contributed by atoms with Crippen molar-refractivity contribution in [3.8, 4) is 5.75 Å². The minimum Gasteiger partial charge on any atom is -0.507 e. The maximum absolute atomic E-state index is 11.9. The lowest BCUT2D eigenvalue weighted by molar-refractivity contribution is 0.102. The van der Waals surface area contributed by atoms with E-state index in [1.165, 1.54) is 17.8 Å². The number of aryl methyl sites for hydroxylation is 1. The Morgan fingerprint density at radius 2 is 2.12 bits per heavy atom. The molecule has 0 spiro atoms. The largest absolute Gasteiger partial charge is 0.507 e. The zero-order valence-electron chi connectivity index (χ0n) is 10.1. The molecule has 0 aliphatic carbocycles. The molecule has 0 saturated heterocycles. The summed E-state index contributed by atoms with van der Waals surface area (Å²) in [5.41, 5.74) is 1.31. The molecule has 0 amide bonds. The van der Waals surface area contributed by atoms with Crippen LogP contribution in [0.4, 0.5) is 0 Å². The van der Waals surface area contributed by atoms with Crippen molar-refractivity contribution in [3.05, 3.63) is 29.3 Å². The van der Waals surface area contributed by atoms with Crippen LogP contribution in [0.25, 0.3) is 0 Å². The number of hydrogen-bond donors (Lipinski definition) is 1. The molecule has 3 nitrogen and oxygen atoms in total. The number of carbonyl (C=O) groups is 1. The molecule has 0 bridgehead atoms. The molecule has 0 saturated carbocycles. The molecule has 0 fully saturated rings. The molecule has 1 N–H and O–H groups in total. The van der Waals surface area contributed by atoms with Crippen molar-refractivity contribution in [2.75, 3.05) is 19.8 Å². The number of rotatable bonds is 3. The number of phenols is 1. The molecular formula is C12H15NO2S2. The van der Waals surface area contributed by atoms with Crippen LogP contribution in [0.15, 0.2) is 18.2 Å². The normalized spacial score (nSPS) is 10.1. The molecule has 1 aromatic carbocycles. The molecule has 92 valence electrons. The summed E-state index contributed by atoms with van der Waals surface area (Å²) >= 11 is 6.38. The van der Waals surface area contributed by atoms with Gasteiger partial charge in [-0.1, -0.05) is 35.6 Å². The van der Waals surface area contributed by atoms with Gasteiger partial charge >= 0.3 is 0 Å². The molecule has 17 heavy (non-hydrogen) atoms. The number of thiocarbonyl (C=S) groups is 1. The average molecular weight is 269 g/mol. The maximum Gasteiger partial charge on any atom is 0.176 e. The summed E-state index contributed by atoms with van der Waals surface area (Å²) in [7, 11) is 3.67.